The number of nitrogens with one attached hydrogen (secondary N) is 1. The van der Waals surface area contributed by atoms with Crippen molar-refractivity contribution >= 4 is 10.0 Å². The Hall–Kier alpha value is -2.45. The van der Waals surface area contributed by atoms with Gasteiger partial charge in [-0.05, 0) is 24.3 Å². The van der Waals surface area contributed by atoms with Crippen molar-refractivity contribution in [1.82, 2.24) is 14.9 Å². The average molecular weight is 319 g/mol. The highest BCUT2D eigenvalue weighted by Gasteiger charge is 2.16. The summed E-state index contributed by atoms with van der Waals surface area (Å²) in [6.45, 7) is 1.75. The Bertz CT molecular complexity index is 869. The zero-order valence-corrected chi connectivity index (χ0v) is 12.5. The second-order valence-electron chi connectivity index (χ2n) is 4.57. The van der Waals surface area contributed by atoms with Crippen LogP contribution in [0.25, 0.3) is 11.4 Å². The molecule has 0 radical (unpaired) electrons. The molecule has 0 aliphatic heterocycles. The maximum atomic E-state index is 12.3. The summed E-state index contributed by atoms with van der Waals surface area (Å²) in [5.41, 5.74) is 0.567. The first kappa shape index (κ1) is 14.5. The molecule has 0 saturated carbocycles. The largest absolute Gasteiger partial charge is 0.468 e. The van der Waals surface area contributed by atoms with E-state index >= 15 is 0 Å². The third-order valence-corrected chi connectivity index (χ3v) is 4.35. The highest BCUT2D eigenvalue weighted by atomic mass is 32.2. The lowest BCUT2D eigenvalue weighted by Gasteiger charge is -2.06. The summed E-state index contributed by atoms with van der Waals surface area (Å²) in [7, 11) is -3.66. The summed E-state index contributed by atoms with van der Waals surface area (Å²) in [4.78, 5) is 4.21. The van der Waals surface area contributed by atoms with Gasteiger partial charge in [0, 0.05) is 12.5 Å². The standard InChI is InChI=1S/C14H13N3O4S/c1-10-16-14(17-21-10)11-4-2-6-13(8-11)22(18,19)15-9-12-5-3-7-20-12/h2-8,15H,9H2,1H3. The topological polar surface area (TPSA) is 98.2 Å². The number of aromatic nitrogens is 2. The number of hydrogen-bond acceptors (Lipinski definition) is 6. The fourth-order valence-electron chi connectivity index (χ4n) is 1.88. The summed E-state index contributed by atoms with van der Waals surface area (Å²) in [6, 6.07) is 9.73. The molecule has 0 aliphatic rings. The second kappa shape index (κ2) is 5.74. The van der Waals surface area contributed by atoms with Gasteiger partial charge in [-0.2, -0.15) is 4.98 Å². The lowest BCUT2D eigenvalue weighted by atomic mass is 10.2. The van der Waals surface area contributed by atoms with Crippen molar-refractivity contribution in [2.24, 2.45) is 0 Å². The monoisotopic (exact) mass is 319 g/mol. The van der Waals surface area contributed by atoms with Gasteiger partial charge in [-0.25, -0.2) is 13.1 Å². The smallest absolute Gasteiger partial charge is 0.240 e. The van der Waals surface area contributed by atoms with Gasteiger partial charge in [0.1, 0.15) is 5.76 Å². The predicted octanol–water partition coefficient (Wildman–Crippen LogP) is 2.12. The molecule has 7 nitrogen and oxygen atoms in total. The summed E-state index contributed by atoms with van der Waals surface area (Å²) >= 11 is 0. The number of furan rings is 1. The van der Waals surface area contributed by atoms with E-state index in [1.54, 1.807) is 31.2 Å². The number of aryl methyl sites for hydroxylation is 1. The zero-order valence-electron chi connectivity index (χ0n) is 11.7. The van der Waals surface area contributed by atoms with Gasteiger partial charge in [0.2, 0.25) is 21.7 Å². The van der Waals surface area contributed by atoms with Crippen LogP contribution in [0, 0.1) is 6.92 Å². The van der Waals surface area contributed by atoms with Crippen LogP contribution in [0.15, 0.2) is 56.5 Å². The zero-order chi connectivity index (χ0) is 15.6. The fourth-order valence-corrected chi connectivity index (χ4v) is 2.92. The van der Waals surface area contributed by atoms with E-state index in [0.29, 0.717) is 23.0 Å². The van der Waals surface area contributed by atoms with Crippen molar-refractivity contribution in [3.05, 3.63) is 54.3 Å². The molecule has 0 amide bonds. The highest BCUT2D eigenvalue weighted by molar-refractivity contribution is 7.89. The minimum absolute atomic E-state index is 0.0842. The maximum absolute atomic E-state index is 12.3. The normalized spacial score (nSPS) is 11.7. The maximum Gasteiger partial charge on any atom is 0.240 e. The minimum Gasteiger partial charge on any atom is -0.468 e. The Balaban J connectivity index is 1.84. The lowest BCUT2D eigenvalue weighted by molar-refractivity contribution is 0.394. The van der Waals surface area contributed by atoms with Gasteiger partial charge in [-0.15, -0.1) is 0 Å². The molecular weight excluding hydrogens is 306 g/mol. The molecule has 0 fully saturated rings. The number of benzene rings is 1. The van der Waals surface area contributed by atoms with E-state index in [1.807, 2.05) is 0 Å². The first-order valence-corrected chi connectivity index (χ1v) is 7.96. The van der Waals surface area contributed by atoms with Crippen LogP contribution in [0.2, 0.25) is 0 Å². The summed E-state index contributed by atoms with van der Waals surface area (Å²) < 4.78 is 37.1. The Morgan fingerprint density at radius 1 is 1.23 bits per heavy atom. The van der Waals surface area contributed by atoms with Crippen LogP contribution in [-0.2, 0) is 16.6 Å². The van der Waals surface area contributed by atoms with Crippen molar-refractivity contribution in [1.29, 1.82) is 0 Å². The van der Waals surface area contributed by atoms with Gasteiger partial charge in [-0.1, -0.05) is 17.3 Å². The van der Waals surface area contributed by atoms with Gasteiger partial charge in [0.15, 0.2) is 0 Å². The van der Waals surface area contributed by atoms with Crippen molar-refractivity contribution in [3.63, 3.8) is 0 Å². The van der Waals surface area contributed by atoms with E-state index < -0.39 is 10.0 Å². The number of sulfonamides is 1. The number of nitrogens with zero attached hydrogens (tertiary/aromatic N) is 2. The quantitative estimate of drug-likeness (QED) is 0.773. The van der Waals surface area contributed by atoms with E-state index in [1.165, 1.54) is 18.4 Å². The van der Waals surface area contributed by atoms with Gasteiger partial charge < -0.3 is 8.94 Å². The number of hydrogen-bond donors (Lipinski definition) is 1. The van der Waals surface area contributed by atoms with Gasteiger partial charge >= 0.3 is 0 Å². The SMILES string of the molecule is Cc1nc(-c2cccc(S(=O)(=O)NCc3ccco3)c2)no1. The average Bonchev–Trinajstić information content (AvgIpc) is 3.17. The predicted molar refractivity (Wildman–Crippen MR) is 77.2 cm³/mol. The minimum atomic E-state index is -3.66. The van der Waals surface area contributed by atoms with Crippen LogP contribution in [0.1, 0.15) is 11.7 Å². The molecule has 1 aromatic carbocycles. The van der Waals surface area contributed by atoms with Crippen LogP contribution in [-0.4, -0.2) is 18.6 Å². The molecule has 22 heavy (non-hydrogen) atoms. The van der Waals surface area contributed by atoms with Crippen LogP contribution in [0.3, 0.4) is 0 Å². The molecule has 0 spiro atoms. The van der Waals surface area contributed by atoms with Crippen LogP contribution in [0.4, 0.5) is 0 Å². The van der Waals surface area contributed by atoms with Gasteiger partial charge in [0.05, 0.1) is 17.7 Å². The van der Waals surface area contributed by atoms with Crippen molar-refractivity contribution in [2.75, 3.05) is 0 Å². The molecule has 0 saturated heterocycles. The van der Waals surface area contributed by atoms with Crippen molar-refractivity contribution in [3.8, 4) is 11.4 Å². The Morgan fingerprint density at radius 3 is 2.77 bits per heavy atom. The molecule has 0 unspecified atom stereocenters. The second-order valence-corrected chi connectivity index (χ2v) is 6.34. The third kappa shape index (κ3) is 3.07. The van der Waals surface area contributed by atoms with Gasteiger partial charge in [0.25, 0.3) is 0 Å². The third-order valence-electron chi connectivity index (χ3n) is 2.95. The van der Waals surface area contributed by atoms with E-state index in [9.17, 15) is 8.42 Å². The molecule has 8 heteroatoms. The summed E-state index contributed by atoms with van der Waals surface area (Å²) in [6.07, 6.45) is 1.49. The Labute approximate surface area is 127 Å². The molecule has 0 atom stereocenters. The summed E-state index contributed by atoms with van der Waals surface area (Å²) in [5, 5.41) is 3.78. The van der Waals surface area contributed by atoms with E-state index in [2.05, 4.69) is 14.9 Å². The van der Waals surface area contributed by atoms with Gasteiger partial charge in [-0.3, -0.25) is 0 Å². The molecular formula is C14H13N3O4S. The molecule has 3 rings (SSSR count). The Kier molecular flexibility index (Phi) is 3.78. The molecule has 2 heterocycles. The molecule has 3 aromatic rings. The van der Waals surface area contributed by atoms with Crippen LogP contribution in [0.5, 0.6) is 0 Å². The highest BCUT2D eigenvalue weighted by Crippen LogP contribution is 2.20. The lowest BCUT2D eigenvalue weighted by Crippen LogP contribution is -2.23. The van der Waals surface area contributed by atoms with Crippen LogP contribution < -0.4 is 4.72 Å². The van der Waals surface area contributed by atoms with E-state index in [-0.39, 0.29) is 11.4 Å². The fraction of sp³-hybridized carbons (Fsp3) is 0.143. The van der Waals surface area contributed by atoms with Crippen LogP contribution >= 0.6 is 0 Å². The first-order chi connectivity index (χ1) is 10.5. The molecule has 114 valence electrons. The van der Waals surface area contributed by atoms with Crippen molar-refractivity contribution in [2.45, 2.75) is 18.4 Å². The number of rotatable bonds is 5. The molecule has 1 N–H and O–H groups in total. The summed E-state index contributed by atoms with van der Waals surface area (Å²) in [5.74, 6) is 1.30. The van der Waals surface area contributed by atoms with Crippen molar-refractivity contribution < 1.29 is 17.4 Å². The first-order valence-electron chi connectivity index (χ1n) is 6.47. The molecule has 2 aromatic heterocycles. The Morgan fingerprint density at radius 2 is 2.09 bits per heavy atom. The van der Waals surface area contributed by atoms with E-state index in [0.717, 1.165) is 0 Å². The molecule has 0 aliphatic carbocycles. The molecule has 0 bridgehead atoms. The van der Waals surface area contributed by atoms with E-state index in [4.69, 9.17) is 8.94 Å².